The third-order valence-electron chi connectivity index (χ3n) is 0.402. The highest BCUT2D eigenvalue weighted by Gasteiger charge is 1.84. The Morgan fingerprint density at radius 1 is 1.57 bits per heavy atom. The topological polar surface area (TPSA) is 0 Å². The van der Waals surface area contributed by atoms with Gasteiger partial charge in [0.15, 0.2) is 0 Å². The maximum Gasteiger partial charge on any atom is 0.00319 e. The summed E-state index contributed by atoms with van der Waals surface area (Å²) in [5.74, 6) is 0. The number of hydrogen-bond donors (Lipinski definition) is 0. The predicted octanol–water partition coefficient (Wildman–Crippen LogP) is 2.99. The van der Waals surface area contributed by atoms with E-state index in [1.807, 2.05) is 10.4 Å². The van der Waals surface area contributed by atoms with Crippen molar-refractivity contribution < 1.29 is 0 Å². The molecule has 0 nitrogen and oxygen atoms in total. The number of thioether (sulfide) groups is 1. The number of hydrogen-bond acceptors (Lipinski definition) is 1. The van der Waals surface area contributed by atoms with Gasteiger partial charge in [0.05, 0.1) is 0 Å². The van der Waals surface area contributed by atoms with Crippen LogP contribution in [0, 0.1) is 0 Å². The third-order valence-corrected chi connectivity index (χ3v) is 1.85. The summed E-state index contributed by atoms with van der Waals surface area (Å²) in [7, 11) is 0. The highest BCUT2D eigenvalue weighted by Crippen LogP contribution is 2.10. The zero-order valence-corrected chi connectivity index (χ0v) is 6.92. The van der Waals surface area contributed by atoms with E-state index >= 15 is 0 Å². The summed E-state index contributed by atoms with van der Waals surface area (Å²) < 4.78 is 0. The van der Waals surface area contributed by atoms with E-state index in [4.69, 9.17) is 0 Å². The van der Waals surface area contributed by atoms with E-state index in [1.54, 1.807) is 11.8 Å². The van der Waals surface area contributed by atoms with Gasteiger partial charge < -0.3 is 0 Å². The van der Waals surface area contributed by atoms with E-state index in [0.29, 0.717) is 5.25 Å². The van der Waals surface area contributed by atoms with Crippen LogP contribution in [0.3, 0.4) is 0 Å². The van der Waals surface area contributed by atoms with Gasteiger partial charge in [-0.3, -0.25) is 0 Å². The molecule has 0 N–H and O–H groups in total. The van der Waals surface area contributed by atoms with Gasteiger partial charge in [-0.05, 0) is 10.4 Å². The van der Waals surface area contributed by atoms with Crippen LogP contribution in [0.4, 0.5) is 0 Å². The number of rotatable bonds is 2. The first-order chi connectivity index (χ1) is 3.27. The van der Waals surface area contributed by atoms with Gasteiger partial charge in [-0.15, -0.1) is 11.8 Å². The molecule has 0 radical (unpaired) electrons. The molecule has 0 saturated carbocycles. The van der Waals surface area contributed by atoms with Crippen molar-refractivity contribution in [3.05, 3.63) is 10.4 Å². The summed E-state index contributed by atoms with van der Waals surface area (Å²) in [6, 6.07) is 0. The van der Waals surface area contributed by atoms with E-state index in [9.17, 15) is 0 Å². The minimum Gasteiger partial charge on any atom is -0.131 e. The average molecular weight is 181 g/mol. The second kappa shape index (κ2) is 4.72. The molecule has 0 aromatic carbocycles. The van der Waals surface area contributed by atoms with E-state index in [1.165, 1.54) is 0 Å². The first kappa shape index (κ1) is 7.57. The molecule has 2 heteroatoms. The molecular formula is C5H9BrS. The summed E-state index contributed by atoms with van der Waals surface area (Å²) in [6.45, 7) is 4.33. The van der Waals surface area contributed by atoms with Crippen LogP contribution in [0.5, 0.6) is 0 Å². The molecule has 0 aliphatic heterocycles. The highest BCUT2D eigenvalue weighted by atomic mass is 79.9. The molecule has 42 valence electrons. The molecule has 0 aliphatic rings. The second-order valence-corrected chi connectivity index (χ2v) is 3.46. The van der Waals surface area contributed by atoms with Crippen LogP contribution in [0.25, 0.3) is 0 Å². The minimum atomic E-state index is 0.703. The molecular weight excluding hydrogens is 172 g/mol. The van der Waals surface area contributed by atoms with Crippen LogP contribution >= 0.6 is 27.7 Å². The van der Waals surface area contributed by atoms with Crippen LogP contribution in [0.1, 0.15) is 13.8 Å². The quantitative estimate of drug-likeness (QED) is 0.630. The van der Waals surface area contributed by atoms with Crippen LogP contribution < -0.4 is 0 Å². The first-order valence-corrected chi connectivity index (χ1v) is 4.04. The fraction of sp³-hybridized carbons (Fsp3) is 0.600. The summed E-state index contributed by atoms with van der Waals surface area (Å²) in [4.78, 5) is 1.87. The molecule has 0 rings (SSSR count). The normalized spacial score (nSPS) is 11.4. The Labute approximate surface area is 57.5 Å². The predicted molar refractivity (Wildman–Crippen MR) is 40.8 cm³/mol. The molecule has 0 spiro atoms. The lowest BCUT2D eigenvalue weighted by molar-refractivity contribution is 1.12. The van der Waals surface area contributed by atoms with Crippen molar-refractivity contribution >= 4 is 27.7 Å². The van der Waals surface area contributed by atoms with Gasteiger partial charge in [-0.2, -0.15) is 0 Å². The molecule has 0 atom stereocenters. The largest absolute Gasteiger partial charge is 0.131 e. The van der Waals surface area contributed by atoms with Gasteiger partial charge in [-0.1, -0.05) is 29.8 Å². The van der Waals surface area contributed by atoms with Crippen LogP contribution in [-0.4, -0.2) is 5.25 Å². The lowest BCUT2D eigenvalue weighted by atomic mass is 10.6. The Morgan fingerprint density at radius 3 is 2.29 bits per heavy atom. The maximum atomic E-state index is 3.18. The molecule has 0 heterocycles. The third kappa shape index (κ3) is 6.57. The standard InChI is InChI=1S/C5H9BrS/c1-5(2)7-4-3-6/h3-5H,1-2H3/b4-3-. The zero-order chi connectivity index (χ0) is 5.70. The highest BCUT2D eigenvalue weighted by molar-refractivity contribution is 9.11. The van der Waals surface area contributed by atoms with Crippen molar-refractivity contribution in [1.82, 2.24) is 0 Å². The van der Waals surface area contributed by atoms with Crippen LogP contribution in [-0.2, 0) is 0 Å². The van der Waals surface area contributed by atoms with E-state index < -0.39 is 0 Å². The Kier molecular flexibility index (Phi) is 5.11. The molecule has 0 unspecified atom stereocenters. The van der Waals surface area contributed by atoms with Crippen molar-refractivity contribution in [3.8, 4) is 0 Å². The molecule has 0 aromatic heterocycles. The molecule has 0 bridgehead atoms. The molecule has 7 heavy (non-hydrogen) atoms. The summed E-state index contributed by atoms with van der Waals surface area (Å²) in [6.07, 6.45) is 0. The summed E-state index contributed by atoms with van der Waals surface area (Å²) >= 11 is 4.98. The van der Waals surface area contributed by atoms with Crippen molar-refractivity contribution in [3.63, 3.8) is 0 Å². The van der Waals surface area contributed by atoms with Crippen molar-refractivity contribution in [2.75, 3.05) is 0 Å². The lowest BCUT2D eigenvalue weighted by Crippen LogP contribution is -1.79. The molecule has 0 aliphatic carbocycles. The molecule has 0 amide bonds. The van der Waals surface area contributed by atoms with Gasteiger partial charge in [0.25, 0.3) is 0 Å². The Hall–Kier alpha value is 0.570. The van der Waals surface area contributed by atoms with E-state index in [0.717, 1.165) is 0 Å². The number of halogens is 1. The average Bonchev–Trinajstić information content (AvgIpc) is 1.61. The fourth-order valence-electron chi connectivity index (χ4n) is 0.187. The SMILES string of the molecule is CC(C)S/C=C\Br. The van der Waals surface area contributed by atoms with Gasteiger partial charge in [0.1, 0.15) is 0 Å². The zero-order valence-electron chi connectivity index (χ0n) is 4.52. The summed E-state index contributed by atoms with van der Waals surface area (Å²) in [5.41, 5.74) is 0. The monoisotopic (exact) mass is 180 g/mol. The van der Waals surface area contributed by atoms with E-state index in [2.05, 4.69) is 29.8 Å². The lowest BCUT2D eigenvalue weighted by Gasteiger charge is -1.93. The van der Waals surface area contributed by atoms with Crippen molar-refractivity contribution in [2.24, 2.45) is 0 Å². The van der Waals surface area contributed by atoms with Crippen molar-refractivity contribution in [1.29, 1.82) is 0 Å². The smallest absolute Gasteiger partial charge is 0.00319 e. The summed E-state index contributed by atoms with van der Waals surface area (Å²) in [5, 5.41) is 2.74. The van der Waals surface area contributed by atoms with Crippen LogP contribution in [0.2, 0.25) is 0 Å². The van der Waals surface area contributed by atoms with Gasteiger partial charge in [-0.25, -0.2) is 0 Å². The van der Waals surface area contributed by atoms with E-state index in [-0.39, 0.29) is 0 Å². The maximum absolute atomic E-state index is 3.18. The van der Waals surface area contributed by atoms with Gasteiger partial charge >= 0.3 is 0 Å². The minimum absolute atomic E-state index is 0.703. The fourth-order valence-corrected chi connectivity index (χ4v) is 0.934. The molecule has 0 aromatic rings. The second-order valence-electron chi connectivity index (χ2n) is 1.45. The Bertz CT molecular complexity index is 59.1. The Morgan fingerprint density at radius 2 is 2.14 bits per heavy atom. The molecule has 0 fully saturated rings. The molecule has 0 saturated heterocycles. The van der Waals surface area contributed by atoms with Crippen LogP contribution in [0.15, 0.2) is 10.4 Å². The first-order valence-electron chi connectivity index (χ1n) is 2.18. The van der Waals surface area contributed by atoms with Gasteiger partial charge in [0, 0.05) is 5.25 Å². The van der Waals surface area contributed by atoms with Gasteiger partial charge in [0.2, 0.25) is 0 Å². The Balaban J connectivity index is 2.97. The van der Waals surface area contributed by atoms with Crippen molar-refractivity contribution in [2.45, 2.75) is 19.1 Å².